The Kier molecular flexibility index (Phi) is 21.2. The Bertz CT molecular complexity index is 2570. The first-order valence-corrected chi connectivity index (χ1v) is 24.2. The number of carboxylic acids is 2. The van der Waals surface area contributed by atoms with Crippen molar-refractivity contribution in [2.75, 3.05) is 14.2 Å². The maximum Gasteiger partial charge on any atom is 0.327 e. The molecular formula is C53H70N8O12. The summed E-state index contributed by atoms with van der Waals surface area (Å²) in [5.41, 5.74) is 2.67. The summed E-state index contributed by atoms with van der Waals surface area (Å²) < 4.78 is 5.82. The number of para-hydroxylation sites is 1. The second-order valence-electron chi connectivity index (χ2n) is 18.9. The Labute approximate surface area is 425 Å². The number of carboxylic acid groups (broad SMARTS) is 2. The zero-order valence-electron chi connectivity index (χ0n) is 42.8. The molecule has 4 rings (SSSR count). The molecule has 0 radical (unpaired) electrons. The van der Waals surface area contributed by atoms with E-state index < -0.39 is 126 Å². The number of hydrogen-bond acceptors (Lipinski definition) is 10. The number of ether oxygens (including phenoxy) is 1. The van der Waals surface area contributed by atoms with Gasteiger partial charge in [0.1, 0.15) is 35.9 Å². The van der Waals surface area contributed by atoms with E-state index >= 15 is 0 Å². The average Bonchev–Trinajstić information content (AvgIpc) is 3.76. The molecule has 73 heavy (non-hydrogen) atoms. The van der Waals surface area contributed by atoms with Gasteiger partial charge in [-0.25, -0.2) is 9.59 Å². The van der Waals surface area contributed by atoms with Gasteiger partial charge in [-0.2, -0.15) is 0 Å². The van der Waals surface area contributed by atoms with Gasteiger partial charge in [0, 0.05) is 50.0 Å². The molecule has 9 N–H and O–H groups in total. The topological polar surface area (TPSA) is 295 Å². The average molecular weight is 1010 g/mol. The normalized spacial score (nSPS) is 25.1. The quantitative estimate of drug-likeness (QED) is 0.0936. The largest absolute Gasteiger partial charge is 0.480 e. The molecule has 2 heterocycles. The van der Waals surface area contributed by atoms with Crippen LogP contribution in [-0.2, 0) is 60.7 Å². The number of hydrogen-bond donors (Lipinski definition) is 9. The molecule has 7 amide bonds. The zero-order chi connectivity index (χ0) is 54.3. The Hall–Kier alpha value is -7.61. The number of carbonyl (C=O) groups excluding carboxylic acids is 7. The van der Waals surface area contributed by atoms with Crippen molar-refractivity contribution in [2.45, 2.75) is 117 Å². The van der Waals surface area contributed by atoms with Crippen LogP contribution in [0.4, 0.5) is 0 Å². The van der Waals surface area contributed by atoms with Gasteiger partial charge >= 0.3 is 11.9 Å². The fourth-order valence-corrected chi connectivity index (χ4v) is 8.22. The second kappa shape index (κ2) is 26.7. The maximum absolute atomic E-state index is 14.3. The SMILES string of the molecule is C=C1C(=O)NC(C)C(=O)NC(Cc2c[nH]c3ccccc23)C(=O)NC(C(=O)O)C(C)C(=O)NC(C(C)C)C(=O)NC(C=CC(C)=CC(C)C(Cc2ccccc2)OC)C(C)C(=O)NC(C(=O)O)CCC(=O)N1C. The van der Waals surface area contributed by atoms with Gasteiger partial charge in [0.2, 0.25) is 35.4 Å². The first-order chi connectivity index (χ1) is 34.4. The zero-order valence-corrected chi connectivity index (χ0v) is 42.8. The fraction of sp³-hybridized carbons (Fsp3) is 0.453. The predicted molar refractivity (Wildman–Crippen MR) is 272 cm³/mol. The van der Waals surface area contributed by atoms with Gasteiger partial charge in [-0.3, -0.25) is 33.6 Å². The van der Waals surface area contributed by atoms with Crippen LogP contribution in [0.5, 0.6) is 0 Å². The highest BCUT2D eigenvalue weighted by atomic mass is 16.5. The van der Waals surface area contributed by atoms with E-state index in [1.807, 2.05) is 50.3 Å². The fourth-order valence-electron chi connectivity index (χ4n) is 8.22. The number of aromatic nitrogens is 1. The first-order valence-electron chi connectivity index (χ1n) is 24.2. The Balaban J connectivity index is 1.74. The summed E-state index contributed by atoms with van der Waals surface area (Å²) in [6, 6.07) is 8.15. The number of benzene rings is 2. The number of H-pyrrole nitrogens is 1. The van der Waals surface area contributed by atoms with E-state index in [-0.39, 0.29) is 18.4 Å². The van der Waals surface area contributed by atoms with Gasteiger partial charge in [0.15, 0.2) is 0 Å². The van der Waals surface area contributed by atoms with Crippen LogP contribution in [0.25, 0.3) is 10.9 Å². The molecule has 20 nitrogen and oxygen atoms in total. The minimum absolute atomic E-state index is 0.102. The lowest BCUT2D eigenvalue weighted by molar-refractivity contribution is -0.146. The molecule has 10 unspecified atom stereocenters. The summed E-state index contributed by atoms with van der Waals surface area (Å²) in [4.78, 5) is 126. The van der Waals surface area contributed by atoms with Crippen molar-refractivity contribution in [2.24, 2.45) is 23.7 Å². The number of nitrogens with zero attached hydrogens (tertiary/aromatic N) is 1. The van der Waals surface area contributed by atoms with Crippen LogP contribution in [0.1, 0.15) is 72.4 Å². The van der Waals surface area contributed by atoms with Gasteiger partial charge in [-0.05, 0) is 49.8 Å². The molecule has 1 aliphatic heterocycles. The molecule has 20 heteroatoms. The van der Waals surface area contributed by atoms with Crippen LogP contribution in [0.15, 0.2) is 96.9 Å². The number of nitrogens with one attached hydrogen (secondary N) is 7. The third-order valence-electron chi connectivity index (χ3n) is 13.0. The van der Waals surface area contributed by atoms with Gasteiger partial charge in [0.25, 0.3) is 5.91 Å². The summed E-state index contributed by atoms with van der Waals surface area (Å²) in [5.74, 6) is -12.6. The van der Waals surface area contributed by atoms with Crippen LogP contribution >= 0.6 is 0 Å². The van der Waals surface area contributed by atoms with Gasteiger partial charge < -0.3 is 56.7 Å². The third kappa shape index (κ3) is 16.2. The van der Waals surface area contributed by atoms with Crippen LogP contribution in [0.2, 0.25) is 0 Å². The molecule has 0 bridgehead atoms. The summed E-state index contributed by atoms with van der Waals surface area (Å²) in [6.45, 7) is 14.7. The van der Waals surface area contributed by atoms with Gasteiger partial charge in [-0.1, -0.05) is 114 Å². The number of aliphatic carboxylic acids is 2. The van der Waals surface area contributed by atoms with E-state index in [2.05, 4.69) is 43.5 Å². The molecule has 0 aliphatic carbocycles. The molecule has 1 fully saturated rings. The molecule has 2 aromatic carbocycles. The molecule has 394 valence electrons. The van der Waals surface area contributed by atoms with E-state index in [1.54, 1.807) is 63.6 Å². The van der Waals surface area contributed by atoms with E-state index in [1.165, 1.54) is 27.8 Å². The number of carbonyl (C=O) groups is 9. The van der Waals surface area contributed by atoms with E-state index in [4.69, 9.17) is 4.74 Å². The monoisotopic (exact) mass is 1010 g/mol. The molecule has 1 aliphatic rings. The number of allylic oxidation sites excluding steroid dienone is 2. The van der Waals surface area contributed by atoms with Crippen LogP contribution in [0, 0.1) is 23.7 Å². The van der Waals surface area contributed by atoms with E-state index in [0.29, 0.717) is 22.9 Å². The predicted octanol–water partition coefficient (Wildman–Crippen LogP) is 2.90. The lowest BCUT2D eigenvalue weighted by Gasteiger charge is -2.29. The highest BCUT2D eigenvalue weighted by molar-refractivity contribution is 6.00. The van der Waals surface area contributed by atoms with Crippen molar-refractivity contribution in [3.63, 3.8) is 0 Å². The van der Waals surface area contributed by atoms with Crippen molar-refractivity contribution in [1.82, 2.24) is 41.8 Å². The van der Waals surface area contributed by atoms with Gasteiger partial charge in [0.05, 0.1) is 24.0 Å². The number of methoxy groups -OCH3 is 1. The third-order valence-corrected chi connectivity index (χ3v) is 13.0. The Morgan fingerprint density at radius 3 is 2.07 bits per heavy atom. The highest BCUT2D eigenvalue weighted by Gasteiger charge is 2.38. The summed E-state index contributed by atoms with van der Waals surface area (Å²) in [6.07, 6.45) is 6.18. The second-order valence-corrected chi connectivity index (χ2v) is 18.9. The van der Waals surface area contributed by atoms with Crippen LogP contribution in [-0.4, -0.2) is 130 Å². The molecule has 1 saturated heterocycles. The highest BCUT2D eigenvalue weighted by Crippen LogP contribution is 2.21. The van der Waals surface area contributed by atoms with Crippen molar-refractivity contribution in [3.05, 3.63) is 108 Å². The maximum atomic E-state index is 14.3. The Morgan fingerprint density at radius 2 is 1.44 bits per heavy atom. The first kappa shape index (κ1) is 58.0. The van der Waals surface area contributed by atoms with E-state index in [0.717, 1.165) is 16.0 Å². The summed E-state index contributed by atoms with van der Waals surface area (Å²) in [5, 5.41) is 36.6. The molecule has 3 aromatic rings. The van der Waals surface area contributed by atoms with Crippen LogP contribution < -0.4 is 31.9 Å². The van der Waals surface area contributed by atoms with Crippen molar-refractivity contribution in [3.8, 4) is 0 Å². The lowest BCUT2D eigenvalue weighted by Crippen LogP contribution is -2.59. The van der Waals surface area contributed by atoms with Crippen LogP contribution in [0.3, 0.4) is 0 Å². The van der Waals surface area contributed by atoms with Crippen molar-refractivity contribution >= 4 is 64.2 Å². The summed E-state index contributed by atoms with van der Waals surface area (Å²) in [7, 11) is 2.84. The number of amides is 7. The lowest BCUT2D eigenvalue weighted by atomic mass is 9.94. The van der Waals surface area contributed by atoms with E-state index in [9.17, 15) is 53.4 Å². The molecule has 1 aromatic heterocycles. The Morgan fingerprint density at radius 1 is 0.795 bits per heavy atom. The molecule has 0 saturated carbocycles. The standard InChI is InChI=1S/C53H70N8O12/c1-28(2)44-51(68)56-38(21-20-29(3)24-30(4)42(73-10)25-35-16-12-11-13-17-35)31(5)46(63)57-40(52(69)70)22-23-43(62)61(9)34(8)49(66)55-33(7)48(65)58-41(26-36-27-54-39-19-15-14-18-37(36)39)50(67)60-45(53(71)72)32(6)47(64)59-44/h11-21,24,27-28,30-33,38,40-42,44-45,54H,8,22-23,25-26H2,1-7,9-10H3,(H,55,66)(H,56,68)(H,57,63)(H,58,65)(H,59,64)(H,60,67)(H,69,70)(H,71,72). The summed E-state index contributed by atoms with van der Waals surface area (Å²) >= 11 is 0. The number of fused-ring (bicyclic) bond motifs is 1. The molecule has 10 atom stereocenters. The van der Waals surface area contributed by atoms with Crippen molar-refractivity contribution in [1.29, 1.82) is 0 Å². The number of aromatic amines is 1. The molecule has 0 spiro atoms. The number of rotatable bonds is 12. The number of likely N-dealkylation sites (N-methyl/N-ethyl adjacent to an activating group) is 1. The minimum Gasteiger partial charge on any atom is -0.480 e. The van der Waals surface area contributed by atoms with Gasteiger partial charge in [-0.15, -0.1) is 0 Å². The van der Waals surface area contributed by atoms with Crippen molar-refractivity contribution < 1.29 is 58.1 Å². The minimum atomic E-state index is -1.89. The molecular weight excluding hydrogens is 941 g/mol. The smallest absolute Gasteiger partial charge is 0.327 e.